The molecule has 0 heterocycles. The van der Waals surface area contributed by atoms with Crippen molar-refractivity contribution in [1.29, 1.82) is 0 Å². The number of hydrogen-bond donors (Lipinski definition) is 1. The standard InChI is InChI=1S/C11H13F3O/c1-2-9(11(12,13)14)10(15)8-6-4-3-5-7-8/h3-7,9-10,15H,2H2,1H3. The van der Waals surface area contributed by atoms with Crippen LogP contribution in [-0.4, -0.2) is 11.3 Å². The van der Waals surface area contributed by atoms with E-state index >= 15 is 0 Å². The smallest absolute Gasteiger partial charge is 0.388 e. The average Bonchev–Trinajstić information content (AvgIpc) is 2.18. The fraction of sp³-hybridized carbons (Fsp3) is 0.455. The molecule has 2 atom stereocenters. The number of rotatable bonds is 3. The summed E-state index contributed by atoms with van der Waals surface area (Å²) in [6, 6.07) is 7.92. The zero-order valence-corrected chi connectivity index (χ0v) is 8.33. The van der Waals surface area contributed by atoms with Crippen molar-refractivity contribution in [3.8, 4) is 0 Å². The maximum Gasteiger partial charge on any atom is 0.394 e. The van der Waals surface area contributed by atoms with Crippen molar-refractivity contribution in [3.63, 3.8) is 0 Å². The Morgan fingerprint density at radius 2 is 1.73 bits per heavy atom. The van der Waals surface area contributed by atoms with Crippen LogP contribution in [0.1, 0.15) is 25.0 Å². The molecule has 0 amide bonds. The Balaban J connectivity index is 2.88. The molecule has 0 aliphatic rings. The van der Waals surface area contributed by atoms with Crippen LogP contribution in [0.4, 0.5) is 13.2 Å². The minimum atomic E-state index is -4.36. The summed E-state index contributed by atoms with van der Waals surface area (Å²) < 4.78 is 37.5. The second-order valence-corrected chi connectivity index (χ2v) is 3.41. The molecule has 1 rings (SSSR count). The molecule has 0 aromatic heterocycles. The van der Waals surface area contributed by atoms with Crippen LogP contribution in [-0.2, 0) is 0 Å². The summed E-state index contributed by atoms with van der Waals surface area (Å²) in [6.45, 7) is 1.42. The first kappa shape index (κ1) is 12.0. The van der Waals surface area contributed by atoms with Gasteiger partial charge in [-0.15, -0.1) is 0 Å². The molecule has 1 aromatic rings. The predicted molar refractivity (Wildman–Crippen MR) is 51.2 cm³/mol. The molecule has 1 N–H and O–H groups in total. The third-order valence-corrected chi connectivity index (χ3v) is 2.38. The Bertz CT molecular complexity index is 294. The van der Waals surface area contributed by atoms with E-state index in [0.29, 0.717) is 5.56 Å². The predicted octanol–water partition coefficient (Wildman–Crippen LogP) is 3.31. The summed E-state index contributed by atoms with van der Waals surface area (Å²) in [5.74, 6) is -1.69. The fourth-order valence-electron chi connectivity index (χ4n) is 1.52. The quantitative estimate of drug-likeness (QED) is 0.825. The summed E-state index contributed by atoms with van der Waals surface area (Å²) in [4.78, 5) is 0. The summed E-state index contributed by atoms with van der Waals surface area (Å²) in [7, 11) is 0. The highest BCUT2D eigenvalue weighted by Crippen LogP contribution is 2.37. The van der Waals surface area contributed by atoms with Gasteiger partial charge in [0.2, 0.25) is 0 Å². The van der Waals surface area contributed by atoms with Crippen LogP contribution in [0.5, 0.6) is 0 Å². The molecule has 84 valence electrons. The lowest BCUT2D eigenvalue weighted by Crippen LogP contribution is -2.28. The van der Waals surface area contributed by atoms with Crippen molar-refractivity contribution in [3.05, 3.63) is 35.9 Å². The van der Waals surface area contributed by atoms with E-state index < -0.39 is 18.2 Å². The molecule has 0 radical (unpaired) electrons. The minimum absolute atomic E-state index is 0.125. The zero-order chi connectivity index (χ0) is 11.5. The van der Waals surface area contributed by atoms with Crippen molar-refractivity contribution in [1.82, 2.24) is 0 Å². The highest BCUT2D eigenvalue weighted by Gasteiger charge is 2.43. The van der Waals surface area contributed by atoms with E-state index in [1.165, 1.54) is 19.1 Å². The van der Waals surface area contributed by atoms with Gasteiger partial charge in [-0.05, 0) is 12.0 Å². The van der Waals surface area contributed by atoms with Crippen LogP contribution in [0, 0.1) is 5.92 Å². The SMILES string of the molecule is CCC(C(O)c1ccccc1)C(F)(F)F. The van der Waals surface area contributed by atoms with E-state index in [2.05, 4.69) is 0 Å². The molecule has 0 saturated carbocycles. The van der Waals surface area contributed by atoms with E-state index in [1.54, 1.807) is 18.2 Å². The molecule has 15 heavy (non-hydrogen) atoms. The van der Waals surface area contributed by atoms with Crippen molar-refractivity contribution in [2.45, 2.75) is 25.6 Å². The molecule has 0 aliphatic heterocycles. The molecule has 0 spiro atoms. The second kappa shape index (κ2) is 4.66. The van der Waals surface area contributed by atoms with Gasteiger partial charge in [-0.3, -0.25) is 0 Å². The number of alkyl halides is 3. The van der Waals surface area contributed by atoms with Crippen molar-refractivity contribution in [2.24, 2.45) is 5.92 Å². The lowest BCUT2D eigenvalue weighted by molar-refractivity contribution is -0.201. The number of benzene rings is 1. The molecular formula is C11H13F3O. The van der Waals surface area contributed by atoms with Crippen molar-refractivity contribution >= 4 is 0 Å². The molecule has 0 bridgehead atoms. The molecule has 2 unspecified atom stereocenters. The minimum Gasteiger partial charge on any atom is -0.388 e. The van der Waals surface area contributed by atoms with Crippen LogP contribution in [0.15, 0.2) is 30.3 Å². The Kier molecular flexibility index (Phi) is 3.74. The number of hydrogen-bond acceptors (Lipinski definition) is 1. The van der Waals surface area contributed by atoms with Gasteiger partial charge < -0.3 is 5.11 Å². The third-order valence-electron chi connectivity index (χ3n) is 2.38. The van der Waals surface area contributed by atoms with Crippen LogP contribution in [0.25, 0.3) is 0 Å². The third kappa shape index (κ3) is 2.96. The fourth-order valence-corrected chi connectivity index (χ4v) is 1.52. The molecular weight excluding hydrogens is 205 g/mol. The summed E-state index contributed by atoms with van der Waals surface area (Å²) in [5, 5.41) is 9.60. The van der Waals surface area contributed by atoms with Gasteiger partial charge in [0.25, 0.3) is 0 Å². The van der Waals surface area contributed by atoms with Gasteiger partial charge in [0.1, 0.15) is 0 Å². The average molecular weight is 218 g/mol. The van der Waals surface area contributed by atoms with Crippen LogP contribution < -0.4 is 0 Å². The topological polar surface area (TPSA) is 20.2 Å². The summed E-state index contributed by atoms with van der Waals surface area (Å²) in [5.41, 5.74) is 0.307. The van der Waals surface area contributed by atoms with Gasteiger partial charge in [0, 0.05) is 0 Å². The van der Waals surface area contributed by atoms with Crippen LogP contribution >= 0.6 is 0 Å². The zero-order valence-electron chi connectivity index (χ0n) is 8.33. The van der Waals surface area contributed by atoms with Crippen LogP contribution in [0.2, 0.25) is 0 Å². The molecule has 0 saturated heterocycles. The van der Waals surface area contributed by atoms with E-state index in [0.717, 1.165) is 0 Å². The van der Waals surface area contributed by atoms with Crippen molar-refractivity contribution in [2.75, 3.05) is 0 Å². The molecule has 4 heteroatoms. The Labute approximate surface area is 86.5 Å². The molecule has 1 nitrogen and oxygen atoms in total. The molecule has 0 aliphatic carbocycles. The van der Waals surface area contributed by atoms with Crippen LogP contribution in [0.3, 0.4) is 0 Å². The van der Waals surface area contributed by atoms with Gasteiger partial charge in [-0.25, -0.2) is 0 Å². The molecule has 0 fully saturated rings. The lowest BCUT2D eigenvalue weighted by atomic mass is 9.93. The maximum absolute atomic E-state index is 12.5. The van der Waals surface area contributed by atoms with Gasteiger partial charge in [0.05, 0.1) is 12.0 Å². The number of aliphatic hydroxyl groups is 1. The van der Waals surface area contributed by atoms with E-state index in [9.17, 15) is 18.3 Å². The first-order valence-electron chi connectivity index (χ1n) is 4.76. The van der Waals surface area contributed by atoms with Gasteiger partial charge in [0.15, 0.2) is 0 Å². The first-order chi connectivity index (χ1) is 6.96. The second-order valence-electron chi connectivity index (χ2n) is 3.41. The Morgan fingerprint density at radius 1 is 1.20 bits per heavy atom. The van der Waals surface area contributed by atoms with Gasteiger partial charge in [-0.1, -0.05) is 37.3 Å². The maximum atomic E-state index is 12.5. The summed E-state index contributed by atoms with van der Waals surface area (Å²) >= 11 is 0. The van der Waals surface area contributed by atoms with E-state index in [-0.39, 0.29) is 6.42 Å². The van der Waals surface area contributed by atoms with Gasteiger partial charge >= 0.3 is 6.18 Å². The number of halogens is 3. The van der Waals surface area contributed by atoms with Gasteiger partial charge in [-0.2, -0.15) is 13.2 Å². The largest absolute Gasteiger partial charge is 0.394 e. The highest BCUT2D eigenvalue weighted by atomic mass is 19.4. The normalized spacial score (nSPS) is 16.1. The van der Waals surface area contributed by atoms with E-state index in [1.807, 2.05) is 0 Å². The van der Waals surface area contributed by atoms with E-state index in [4.69, 9.17) is 0 Å². The first-order valence-corrected chi connectivity index (χ1v) is 4.76. The Hall–Kier alpha value is -1.03. The number of aliphatic hydroxyl groups excluding tert-OH is 1. The Morgan fingerprint density at radius 3 is 2.13 bits per heavy atom. The lowest BCUT2D eigenvalue weighted by Gasteiger charge is -2.24. The summed E-state index contributed by atoms with van der Waals surface area (Å²) in [6.07, 6.45) is -5.96. The monoisotopic (exact) mass is 218 g/mol. The highest BCUT2D eigenvalue weighted by molar-refractivity contribution is 5.18. The van der Waals surface area contributed by atoms with Crippen molar-refractivity contribution < 1.29 is 18.3 Å². The molecule has 1 aromatic carbocycles.